The van der Waals surface area contributed by atoms with Gasteiger partial charge in [-0.3, -0.25) is 9.05 Å². The van der Waals surface area contributed by atoms with Crippen LogP contribution in [0.1, 0.15) is 129 Å². The van der Waals surface area contributed by atoms with Crippen molar-refractivity contribution < 1.29 is 27.7 Å². The van der Waals surface area contributed by atoms with E-state index in [0.29, 0.717) is 16.7 Å². The molecule has 3 fully saturated rings. The van der Waals surface area contributed by atoms with Gasteiger partial charge in [-0.1, -0.05) is 65.5 Å². The van der Waals surface area contributed by atoms with Gasteiger partial charge in [-0.25, -0.2) is 9.36 Å². The fourth-order valence-electron chi connectivity index (χ4n) is 10.2. The largest absolute Gasteiger partial charge is 0.530 e. The average molecular weight is 643 g/mol. The molecule has 0 aliphatic heterocycles. The van der Waals surface area contributed by atoms with Crippen LogP contribution in [0.4, 0.5) is 0 Å². The Kier molecular flexibility index (Phi) is 11.0. The molecule has 3 saturated carbocycles. The van der Waals surface area contributed by atoms with Gasteiger partial charge in [-0.2, -0.15) is 0 Å². The Bertz CT molecular complexity index is 1230. The number of esters is 1. The number of carbonyl (C=O) groups excluding carboxylic acids is 1. The minimum atomic E-state index is -3.69. The van der Waals surface area contributed by atoms with Crippen molar-refractivity contribution in [2.75, 3.05) is 13.2 Å². The number of fused-ring (bicyclic) bond motifs is 5. The van der Waals surface area contributed by atoms with Gasteiger partial charge in [0.15, 0.2) is 0 Å². The van der Waals surface area contributed by atoms with Gasteiger partial charge in [0.25, 0.3) is 0 Å². The minimum Gasteiger partial charge on any atom is -0.458 e. The van der Waals surface area contributed by atoms with Crippen LogP contribution < -0.4 is 4.52 Å². The molecule has 6 nitrogen and oxygen atoms in total. The molecule has 0 radical (unpaired) electrons. The van der Waals surface area contributed by atoms with Crippen molar-refractivity contribution in [1.82, 2.24) is 0 Å². The molecule has 0 heterocycles. The summed E-state index contributed by atoms with van der Waals surface area (Å²) in [6, 6.07) is 6.52. The number of allylic oxidation sites excluding steroid dienone is 1. The van der Waals surface area contributed by atoms with E-state index in [2.05, 4.69) is 40.7 Å². The molecule has 0 N–H and O–H groups in total. The van der Waals surface area contributed by atoms with E-state index in [1.54, 1.807) is 38.1 Å². The molecular formula is C38H59O6P. The van der Waals surface area contributed by atoms with Crippen LogP contribution in [-0.2, 0) is 18.3 Å². The maximum atomic E-state index is 13.1. The standard InChI is InChI=1S/C38H59O6P/c1-8-41-45(40,42-9-2)44-30-16-13-28(14-17-30)36(39)43-31-21-23-37(6)29(25-31)15-18-32-34-20-19-33(27(5)12-10-11-26(3)4)38(34,7)24-22-35(32)37/h13-17,26-27,31-35H,8-12,18-25H2,1-7H3/t27-,31-,32+,33-,34+,35+,37+,38-/m1/s1. The minimum absolute atomic E-state index is 0.100. The molecule has 45 heavy (non-hydrogen) atoms. The number of phosphoric ester groups is 1. The summed E-state index contributed by atoms with van der Waals surface area (Å²) < 4.78 is 34.7. The van der Waals surface area contributed by atoms with Gasteiger partial charge in [0.05, 0.1) is 18.8 Å². The van der Waals surface area contributed by atoms with Gasteiger partial charge in [-0.15, -0.1) is 0 Å². The van der Waals surface area contributed by atoms with Crippen LogP contribution in [0.2, 0.25) is 0 Å². The molecule has 5 rings (SSSR count). The highest BCUT2D eigenvalue weighted by molar-refractivity contribution is 7.48. The third-order valence-corrected chi connectivity index (χ3v) is 14.0. The van der Waals surface area contributed by atoms with Gasteiger partial charge in [0, 0.05) is 6.42 Å². The Morgan fingerprint density at radius 2 is 1.64 bits per heavy atom. The molecule has 7 heteroatoms. The Labute approximate surface area is 273 Å². The summed E-state index contributed by atoms with van der Waals surface area (Å²) in [5, 5.41) is 0. The fourth-order valence-corrected chi connectivity index (χ4v) is 11.4. The summed E-state index contributed by atoms with van der Waals surface area (Å²) >= 11 is 0. The van der Waals surface area contributed by atoms with Crippen molar-refractivity contribution in [3.8, 4) is 5.75 Å². The zero-order valence-electron chi connectivity index (χ0n) is 29.0. The fraction of sp³-hybridized carbons (Fsp3) is 0.763. The number of rotatable bonds is 13. The van der Waals surface area contributed by atoms with E-state index in [1.807, 2.05) is 0 Å². The lowest BCUT2D eigenvalue weighted by Gasteiger charge is -2.58. The first-order valence-electron chi connectivity index (χ1n) is 18.0. The van der Waals surface area contributed by atoms with Gasteiger partial charge in [0.1, 0.15) is 11.9 Å². The topological polar surface area (TPSA) is 71.1 Å². The summed E-state index contributed by atoms with van der Waals surface area (Å²) in [6.45, 7) is 16.3. The Morgan fingerprint density at radius 1 is 0.933 bits per heavy atom. The molecule has 0 amide bonds. The normalized spacial score (nSPS) is 33.5. The second-order valence-corrected chi connectivity index (χ2v) is 17.1. The number of ether oxygens (including phenoxy) is 1. The molecule has 0 saturated heterocycles. The lowest BCUT2D eigenvalue weighted by Crippen LogP contribution is -2.51. The van der Waals surface area contributed by atoms with Crippen molar-refractivity contribution in [2.24, 2.45) is 46.3 Å². The summed E-state index contributed by atoms with van der Waals surface area (Å²) in [6.07, 6.45) is 16.2. The molecule has 1 aromatic rings. The summed E-state index contributed by atoms with van der Waals surface area (Å²) in [5.41, 5.74) is 2.70. The molecular weight excluding hydrogens is 583 g/mol. The van der Waals surface area contributed by atoms with Gasteiger partial charge < -0.3 is 9.26 Å². The van der Waals surface area contributed by atoms with Crippen LogP contribution in [-0.4, -0.2) is 25.3 Å². The molecule has 0 aromatic heterocycles. The lowest BCUT2D eigenvalue weighted by molar-refractivity contribution is -0.0594. The summed E-state index contributed by atoms with van der Waals surface area (Å²) in [4.78, 5) is 13.1. The van der Waals surface area contributed by atoms with Crippen molar-refractivity contribution in [3.05, 3.63) is 41.5 Å². The van der Waals surface area contributed by atoms with E-state index in [-0.39, 0.29) is 30.7 Å². The quantitative estimate of drug-likeness (QED) is 0.121. The maximum Gasteiger partial charge on any atom is 0.530 e. The Hall–Kier alpha value is -1.62. The van der Waals surface area contributed by atoms with E-state index >= 15 is 0 Å². The summed E-state index contributed by atoms with van der Waals surface area (Å²) in [5.74, 6) is 4.92. The van der Waals surface area contributed by atoms with Crippen molar-refractivity contribution >= 4 is 13.8 Å². The molecule has 0 spiro atoms. The van der Waals surface area contributed by atoms with Crippen LogP contribution in [0.5, 0.6) is 5.75 Å². The van der Waals surface area contributed by atoms with E-state index in [1.165, 1.54) is 56.9 Å². The average Bonchev–Trinajstić information content (AvgIpc) is 3.35. The predicted molar refractivity (Wildman–Crippen MR) is 180 cm³/mol. The van der Waals surface area contributed by atoms with E-state index in [9.17, 15) is 9.36 Å². The number of carbonyl (C=O) groups is 1. The first-order chi connectivity index (χ1) is 21.4. The number of benzene rings is 1. The zero-order chi connectivity index (χ0) is 32.4. The zero-order valence-corrected chi connectivity index (χ0v) is 29.9. The van der Waals surface area contributed by atoms with Crippen molar-refractivity contribution in [3.63, 3.8) is 0 Å². The second kappa shape index (κ2) is 14.2. The van der Waals surface area contributed by atoms with Crippen LogP contribution in [0.15, 0.2) is 35.9 Å². The van der Waals surface area contributed by atoms with Gasteiger partial charge in [0.2, 0.25) is 0 Å². The van der Waals surface area contributed by atoms with E-state index in [0.717, 1.165) is 54.8 Å². The maximum absolute atomic E-state index is 13.1. The van der Waals surface area contributed by atoms with Crippen LogP contribution in [0.25, 0.3) is 0 Å². The van der Waals surface area contributed by atoms with Gasteiger partial charge in [-0.05, 0) is 129 Å². The number of hydrogen-bond acceptors (Lipinski definition) is 6. The third-order valence-electron chi connectivity index (χ3n) is 12.4. The van der Waals surface area contributed by atoms with Gasteiger partial charge >= 0.3 is 13.8 Å². The molecule has 1 aromatic carbocycles. The molecule has 4 aliphatic rings. The van der Waals surface area contributed by atoms with E-state index in [4.69, 9.17) is 18.3 Å². The highest BCUT2D eigenvalue weighted by atomic mass is 31.2. The second-order valence-electron chi connectivity index (χ2n) is 15.5. The monoisotopic (exact) mass is 642 g/mol. The molecule has 4 aliphatic carbocycles. The molecule has 0 bridgehead atoms. The van der Waals surface area contributed by atoms with Crippen molar-refractivity contribution in [1.29, 1.82) is 0 Å². The number of phosphoric acid groups is 1. The highest BCUT2D eigenvalue weighted by Crippen LogP contribution is 2.67. The Balaban J connectivity index is 1.19. The van der Waals surface area contributed by atoms with Crippen LogP contribution >= 0.6 is 7.82 Å². The van der Waals surface area contributed by atoms with Crippen molar-refractivity contribution in [2.45, 2.75) is 125 Å². The lowest BCUT2D eigenvalue weighted by atomic mass is 9.47. The molecule has 252 valence electrons. The van der Waals surface area contributed by atoms with Crippen LogP contribution in [0, 0.1) is 46.3 Å². The SMILES string of the molecule is CCOP(=O)(OCC)Oc1ccc(C(=O)O[C@@H]2CC[C@@]3(C)C(=CC[C@H]4[C@@H]5CC[C@H]([C@H](C)CCCC(C)C)[C@@]5(C)CC[C@@H]43)C2)cc1. The first kappa shape index (κ1) is 34.7. The summed E-state index contributed by atoms with van der Waals surface area (Å²) in [7, 11) is -3.69. The molecule has 0 unspecified atom stereocenters. The van der Waals surface area contributed by atoms with Crippen LogP contribution in [0.3, 0.4) is 0 Å². The smallest absolute Gasteiger partial charge is 0.458 e. The predicted octanol–water partition coefficient (Wildman–Crippen LogP) is 10.8. The molecule has 8 atom stereocenters. The number of hydrogen-bond donors (Lipinski definition) is 0. The van der Waals surface area contributed by atoms with E-state index < -0.39 is 7.82 Å². The Morgan fingerprint density at radius 3 is 2.31 bits per heavy atom. The third kappa shape index (κ3) is 7.29. The highest BCUT2D eigenvalue weighted by Gasteiger charge is 2.59. The first-order valence-corrected chi connectivity index (χ1v) is 19.5.